The van der Waals surface area contributed by atoms with Crippen LogP contribution in [0, 0.1) is 0 Å². The van der Waals surface area contributed by atoms with Gasteiger partial charge in [-0.3, -0.25) is 4.90 Å². The number of rotatable bonds is 4. The molecule has 0 radical (unpaired) electrons. The van der Waals surface area contributed by atoms with Gasteiger partial charge in [-0.1, -0.05) is 6.92 Å². The lowest BCUT2D eigenvalue weighted by molar-refractivity contribution is 0.223. The molecule has 2 heteroatoms. The second kappa shape index (κ2) is 4.69. The molecule has 0 heterocycles. The number of nitrogens with two attached hydrogens (primary N) is 1. The summed E-state index contributed by atoms with van der Waals surface area (Å²) in [7, 11) is 0. The molecule has 0 aliphatic rings. The topological polar surface area (TPSA) is 29.3 Å². The molecule has 0 aliphatic carbocycles. The first-order valence-electron chi connectivity index (χ1n) is 4.07. The Morgan fingerprint density at radius 1 is 1.30 bits per heavy atom. The quantitative estimate of drug-likeness (QED) is 0.639. The van der Waals surface area contributed by atoms with Crippen molar-refractivity contribution in [1.29, 1.82) is 0 Å². The average molecular weight is 144 g/mol. The van der Waals surface area contributed by atoms with Gasteiger partial charge < -0.3 is 5.73 Å². The minimum absolute atomic E-state index is 0.294. The summed E-state index contributed by atoms with van der Waals surface area (Å²) in [5.74, 6) is 0. The summed E-state index contributed by atoms with van der Waals surface area (Å²) in [6, 6.07) is 0.915. The Labute approximate surface area is 64.4 Å². The highest BCUT2D eigenvalue weighted by molar-refractivity contribution is 4.65. The van der Waals surface area contributed by atoms with E-state index >= 15 is 0 Å². The highest BCUT2D eigenvalue weighted by atomic mass is 15.1. The first-order valence-corrected chi connectivity index (χ1v) is 4.07. The maximum Gasteiger partial charge on any atom is 0.0139 e. The molecule has 62 valence electrons. The third-order valence-corrected chi connectivity index (χ3v) is 1.66. The van der Waals surface area contributed by atoms with Crippen LogP contribution in [0.15, 0.2) is 0 Å². The maximum absolute atomic E-state index is 5.66. The average Bonchev–Trinajstić information content (AvgIpc) is 1.81. The van der Waals surface area contributed by atoms with Gasteiger partial charge in [0.25, 0.3) is 0 Å². The number of hydrogen-bond acceptors (Lipinski definition) is 2. The molecule has 0 aromatic carbocycles. The highest BCUT2D eigenvalue weighted by Gasteiger charge is 2.07. The van der Waals surface area contributed by atoms with Crippen molar-refractivity contribution in [3.05, 3.63) is 0 Å². The molecule has 0 aromatic rings. The monoisotopic (exact) mass is 144 g/mol. The fraction of sp³-hybridized carbons (Fsp3) is 1.00. The molecule has 0 spiro atoms. The van der Waals surface area contributed by atoms with E-state index in [2.05, 4.69) is 25.7 Å². The van der Waals surface area contributed by atoms with Gasteiger partial charge >= 0.3 is 0 Å². The predicted molar refractivity (Wildman–Crippen MR) is 46.0 cm³/mol. The third kappa shape index (κ3) is 3.85. The van der Waals surface area contributed by atoms with Crippen LogP contribution in [-0.2, 0) is 0 Å². The van der Waals surface area contributed by atoms with E-state index in [4.69, 9.17) is 5.73 Å². The van der Waals surface area contributed by atoms with Gasteiger partial charge in [0.1, 0.15) is 0 Å². The first kappa shape index (κ1) is 9.92. The summed E-state index contributed by atoms with van der Waals surface area (Å²) in [6.45, 7) is 10.7. The lowest BCUT2D eigenvalue weighted by Gasteiger charge is -2.26. The fourth-order valence-electron chi connectivity index (χ4n) is 1.07. The van der Waals surface area contributed by atoms with Gasteiger partial charge in [-0.25, -0.2) is 0 Å². The second-order valence-corrected chi connectivity index (χ2v) is 3.16. The van der Waals surface area contributed by atoms with Crippen LogP contribution in [0.1, 0.15) is 27.7 Å². The molecule has 0 rings (SSSR count). The van der Waals surface area contributed by atoms with Crippen LogP contribution in [0.3, 0.4) is 0 Å². The maximum atomic E-state index is 5.66. The Kier molecular flexibility index (Phi) is 4.65. The van der Waals surface area contributed by atoms with Crippen LogP contribution in [0.25, 0.3) is 0 Å². The molecular formula is C8H20N2. The largest absolute Gasteiger partial charge is 0.327 e. The summed E-state index contributed by atoms with van der Waals surface area (Å²) in [4.78, 5) is 2.37. The predicted octanol–water partition coefficient (Wildman–Crippen LogP) is 1.06. The minimum atomic E-state index is 0.294. The van der Waals surface area contributed by atoms with Crippen molar-refractivity contribution in [2.75, 3.05) is 13.1 Å². The van der Waals surface area contributed by atoms with E-state index in [1.807, 2.05) is 6.92 Å². The smallest absolute Gasteiger partial charge is 0.0139 e. The molecule has 2 N–H and O–H groups in total. The zero-order chi connectivity index (χ0) is 8.15. The molecule has 2 nitrogen and oxygen atoms in total. The lowest BCUT2D eigenvalue weighted by Crippen LogP contribution is -2.39. The van der Waals surface area contributed by atoms with E-state index in [-0.39, 0.29) is 0 Å². The van der Waals surface area contributed by atoms with Crippen molar-refractivity contribution in [3.63, 3.8) is 0 Å². The zero-order valence-electron chi connectivity index (χ0n) is 7.59. The number of nitrogens with zero attached hydrogens (tertiary/aromatic N) is 1. The van der Waals surface area contributed by atoms with Gasteiger partial charge in [-0.05, 0) is 27.3 Å². The first-order chi connectivity index (χ1) is 4.57. The van der Waals surface area contributed by atoms with E-state index in [1.165, 1.54) is 0 Å². The third-order valence-electron chi connectivity index (χ3n) is 1.66. The Morgan fingerprint density at radius 2 is 1.80 bits per heavy atom. The molecule has 0 saturated carbocycles. The standard InChI is InChI=1S/C8H20N2/c1-5-10(7(2)3)6-8(4)9/h7-8H,5-6,9H2,1-4H3/t8-/m1/s1. The second-order valence-electron chi connectivity index (χ2n) is 3.16. The summed E-state index contributed by atoms with van der Waals surface area (Å²) < 4.78 is 0. The van der Waals surface area contributed by atoms with E-state index in [0.717, 1.165) is 13.1 Å². The van der Waals surface area contributed by atoms with E-state index in [0.29, 0.717) is 12.1 Å². The minimum Gasteiger partial charge on any atom is -0.327 e. The van der Waals surface area contributed by atoms with Crippen LogP contribution in [-0.4, -0.2) is 30.1 Å². The fourth-order valence-corrected chi connectivity index (χ4v) is 1.07. The molecule has 0 amide bonds. The van der Waals surface area contributed by atoms with Gasteiger partial charge in [0.2, 0.25) is 0 Å². The Bertz CT molecular complexity index is 79.3. The Hall–Kier alpha value is -0.0800. The molecule has 10 heavy (non-hydrogen) atoms. The number of hydrogen-bond donors (Lipinski definition) is 1. The van der Waals surface area contributed by atoms with Gasteiger partial charge in [0.15, 0.2) is 0 Å². The van der Waals surface area contributed by atoms with Crippen LogP contribution >= 0.6 is 0 Å². The van der Waals surface area contributed by atoms with Crippen LogP contribution < -0.4 is 5.73 Å². The van der Waals surface area contributed by atoms with Crippen molar-refractivity contribution in [1.82, 2.24) is 4.90 Å². The molecule has 0 fully saturated rings. The number of likely N-dealkylation sites (N-methyl/N-ethyl adjacent to an activating group) is 1. The molecular weight excluding hydrogens is 124 g/mol. The molecule has 1 atom stereocenters. The summed E-state index contributed by atoms with van der Waals surface area (Å²) >= 11 is 0. The van der Waals surface area contributed by atoms with E-state index in [1.54, 1.807) is 0 Å². The van der Waals surface area contributed by atoms with E-state index < -0.39 is 0 Å². The van der Waals surface area contributed by atoms with Gasteiger partial charge in [-0.15, -0.1) is 0 Å². The molecule has 0 aromatic heterocycles. The Balaban J connectivity index is 3.60. The molecule has 0 saturated heterocycles. The summed E-state index contributed by atoms with van der Waals surface area (Å²) in [6.07, 6.45) is 0. The van der Waals surface area contributed by atoms with Gasteiger partial charge in [0, 0.05) is 18.6 Å². The summed E-state index contributed by atoms with van der Waals surface area (Å²) in [5, 5.41) is 0. The Morgan fingerprint density at radius 3 is 1.90 bits per heavy atom. The van der Waals surface area contributed by atoms with Crippen molar-refractivity contribution in [2.24, 2.45) is 5.73 Å². The van der Waals surface area contributed by atoms with Crippen molar-refractivity contribution in [3.8, 4) is 0 Å². The normalized spacial score (nSPS) is 14.7. The lowest BCUT2D eigenvalue weighted by atomic mass is 10.2. The summed E-state index contributed by atoms with van der Waals surface area (Å²) in [5.41, 5.74) is 5.66. The van der Waals surface area contributed by atoms with Crippen molar-refractivity contribution >= 4 is 0 Å². The van der Waals surface area contributed by atoms with Crippen molar-refractivity contribution in [2.45, 2.75) is 39.8 Å². The van der Waals surface area contributed by atoms with E-state index in [9.17, 15) is 0 Å². The SMILES string of the molecule is CCN(C[C@@H](C)N)C(C)C. The molecule has 0 unspecified atom stereocenters. The van der Waals surface area contributed by atoms with Crippen LogP contribution in [0.2, 0.25) is 0 Å². The van der Waals surface area contributed by atoms with Crippen molar-refractivity contribution < 1.29 is 0 Å². The highest BCUT2D eigenvalue weighted by Crippen LogP contribution is 1.97. The molecule has 0 bridgehead atoms. The molecule has 0 aliphatic heterocycles. The van der Waals surface area contributed by atoms with Crippen LogP contribution in [0.4, 0.5) is 0 Å². The van der Waals surface area contributed by atoms with Gasteiger partial charge in [0.05, 0.1) is 0 Å². The zero-order valence-corrected chi connectivity index (χ0v) is 7.59. The van der Waals surface area contributed by atoms with Gasteiger partial charge in [-0.2, -0.15) is 0 Å². The van der Waals surface area contributed by atoms with Crippen LogP contribution in [0.5, 0.6) is 0 Å².